The molecule has 31 heavy (non-hydrogen) atoms. The van der Waals surface area contributed by atoms with Gasteiger partial charge in [0, 0.05) is 17.0 Å². The molecule has 0 aliphatic heterocycles. The van der Waals surface area contributed by atoms with Crippen molar-refractivity contribution in [2.24, 2.45) is 0 Å². The van der Waals surface area contributed by atoms with Gasteiger partial charge in [0.05, 0.1) is 31.8 Å². The van der Waals surface area contributed by atoms with Gasteiger partial charge in [-0.1, -0.05) is 17.7 Å². The lowest BCUT2D eigenvalue weighted by Gasteiger charge is -2.17. The van der Waals surface area contributed by atoms with Gasteiger partial charge in [-0.25, -0.2) is 4.79 Å². The fourth-order valence-electron chi connectivity index (χ4n) is 4.01. The first-order chi connectivity index (χ1) is 14.9. The van der Waals surface area contributed by atoms with E-state index >= 15 is 0 Å². The number of pyridine rings is 1. The Morgan fingerprint density at radius 1 is 1.13 bits per heavy atom. The molecule has 1 heterocycles. The molecule has 7 nitrogen and oxygen atoms in total. The minimum atomic E-state index is -0.592. The number of nitrogens with zero attached hydrogens (tertiary/aromatic N) is 1. The van der Waals surface area contributed by atoms with Crippen molar-refractivity contribution < 1.29 is 19.0 Å². The molecule has 3 aromatic rings. The number of rotatable bonds is 5. The van der Waals surface area contributed by atoms with Crippen LogP contribution in [0.1, 0.15) is 30.5 Å². The number of aryl methyl sites for hydroxylation is 2. The summed E-state index contributed by atoms with van der Waals surface area (Å²) in [5.74, 6) is 1.14. The average Bonchev–Trinajstić information content (AvgIpc) is 3.16. The molecule has 1 atom stereocenters. The number of methoxy groups -OCH3 is 2. The van der Waals surface area contributed by atoms with Gasteiger partial charge in [0.25, 0.3) is 5.56 Å². The van der Waals surface area contributed by atoms with Gasteiger partial charge in [0.2, 0.25) is 0 Å². The van der Waals surface area contributed by atoms with Crippen LogP contribution in [-0.4, -0.2) is 24.9 Å². The highest BCUT2D eigenvalue weighted by Gasteiger charge is 2.25. The first kappa shape index (κ1) is 21.1. The summed E-state index contributed by atoms with van der Waals surface area (Å²) in [6.45, 7) is 2.27. The lowest BCUT2D eigenvalue weighted by atomic mass is 10.1. The number of nitrogens with one attached hydrogen (secondary N) is 1. The van der Waals surface area contributed by atoms with Crippen LogP contribution in [0.25, 0.3) is 10.8 Å². The van der Waals surface area contributed by atoms with Crippen LogP contribution in [-0.2, 0) is 13.0 Å². The molecule has 0 bridgehead atoms. The molecule has 1 aliphatic carbocycles. The Morgan fingerprint density at radius 3 is 2.52 bits per heavy atom. The Bertz CT molecular complexity index is 1220. The predicted octanol–water partition coefficient (Wildman–Crippen LogP) is 4.47. The van der Waals surface area contributed by atoms with Gasteiger partial charge in [0.1, 0.15) is 0 Å². The molecule has 1 N–H and O–H groups in total. The van der Waals surface area contributed by atoms with Crippen molar-refractivity contribution in [3.8, 4) is 17.2 Å². The van der Waals surface area contributed by atoms with Crippen LogP contribution < -0.4 is 25.1 Å². The molecule has 2 aromatic carbocycles. The van der Waals surface area contributed by atoms with E-state index in [-0.39, 0.29) is 17.4 Å². The maximum absolute atomic E-state index is 12.8. The van der Waals surface area contributed by atoms with Crippen molar-refractivity contribution in [3.63, 3.8) is 0 Å². The lowest BCUT2D eigenvalue weighted by molar-refractivity contribution is 0.196. The number of hydrogen-bond donors (Lipinski definition) is 1. The third-order valence-electron chi connectivity index (χ3n) is 5.57. The van der Waals surface area contributed by atoms with Gasteiger partial charge in [-0.3, -0.25) is 4.79 Å². The number of carbonyl (C=O) groups is 1. The Labute approximate surface area is 184 Å². The second kappa shape index (κ2) is 8.51. The number of ether oxygens (including phenoxy) is 3. The summed E-state index contributed by atoms with van der Waals surface area (Å²) in [5, 5.41) is 4.46. The highest BCUT2D eigenvalue weighted by atomic mass is 35.5. The van der Waals surface area contributed by atoms with Gasteiger partial charge in [0.15, 0.2) is 17.2 Å². The minimum absolute atomic E-state index is 0.155. The van der Waals surface area contributed by atoms with Crippen LogP contribution in [0, 0.1) is 0 Å². The number of carbonyl (C=O) groups excluding carboxylic acids is 1. The first-order valence-corrected chi connectivity index (χ1v) is 10.4. The molecular weight excluding hydrogens is 420 g/mol. The van der Waals surface area contributed by atoms with E-state index in [0.29, 0.717) is 33.8 Å². The summed E-state index contributed by atoms with van der Waals surface area (Å²) < 4.78 is 17.8. The average molecular weight is 443 g/mol. The molecule has 0 fully saturated rings. The largest absolute Gasteiger partial charge is 0.493 e. The van der Waals surface area contributed by atoms with E-state index in [9.17, 15) is 9.59 Å². The highest BCUT2D eigenvalue weighted by molar-refractivity contribution is 6.30. The Hall–Kier alpha value is -3.19. The molecule has 1 aliphatic rings. The Morgan fingerprint density at radius 2 is 1.84 bits per heavy atom. The van der Waals surface area contributed by atoms with Crippen molar-refractivity contribution in [3.05, 3.63) is 63.0 Å². The van der Waals surface area contributed by atoms with Crippen LogP contribution in [0.2, 0.25) is 5.02 Å². The molecule has 0 spiro atoms. The van der Waals surface area contributed by atoms with E-state index in [2.05, 4.69) is 5.32 Å². The standard InChI is InChI=1S/C23H23ClN2O5/c1-4-26-12-21(16-10-19(29-2)20(30-3)11-17(16)22(26)27)31-23(28)25-18-8-5-13-9-14(24)6-7-15(13)18/h6-7,9-12,18H,4-5,8H2,1-3H3,(H,25,28). The number of benzene rings is 2. The van der Waals surface area contributed by atoms with Gasteiger partial charge in [-0.05, 0) is 55.2 Å². The molecule has 162 valence electrons. The Kier molecular flexibility index (Phi) is 5.78. The van der Waals surface area contributed by atoms with E-state index < -0.39 is 6.09 Å². The van der Waals surface area contributed by atoms with Crippen molar-refractivity contribution in [1.29, 1.82) is 0 Å². The molecule has 0 radical (unpaired) electrons. The van der Waals surface area contributed by atoms with Crippen molar-refractivity contribution in [2.75, 3.05) is 14.2 Å². The molecule has 0 saturated heterocycles. The normalized spacial score (nSPS) is 14.9. The maximum atomic E-state index is 12.8. The molecule has 8 heteroatoms. The number of fused-ring (bicyclic) bond motifs is 2. The zero-order valence-electron chi connectivity index (χ0n) is 17.5. The maximum Gasteiger partial charge on any atom is 0.413 e. The number of amides is 1. The van der Waals surface area contributed by atoms with Crippen LogP contribution in [0.5, 0.6) is 17.2 Å². The summed E-state index contributed by atoms with van der Waals surface area (Å²) in [4.78, 5) is 25.6. The topological polar surface area (TPSA) is 78.8 Å². The third-order valence-corrected chi connectivity index (χ3v) is 5.81. The van der Waals surface area contributed by atoms with Crippen molar-refractivity contribution in [2.45, 2.75) is 32.4 Å². The molecule has 1 amide bonds. The predicted molar refractivity (Wildman–Crippen MR) is 119 cm³/mol. The molecule has 1 aromatic heterocycles. The second-order valence-electron chi connectivity index (χ2n) is 7.31. The minimum Gasteiger partial charge on any atom is -0.493 e. The van der Waals surface area contributed by atoms with Gasteiger partial charge in [-0.15, -0.1) is 0 Å². The first-order valence-electron chi connectivity index (χ1n) is 10.0. The zero-order valence-corrected chi connectivity index (χ0v) is 18.3. The number of hydrogen-bond acceptors (Lipinski definition) is 5. The zero-order chi connectivity index (χ0) is 22.1. The van der Waals surface area contributed by atoms with Crippen LogP contribution in [0.15, 0.2) is 41.3 Å². The van der Waals surface area contributed by atoms with E-state index in [1.165, 1.54) is 18.8 Å². The van der Waals surface area contributed by atoms with Gasteiger partial charge >= 0.3 is 6.09 Å². The van der Waals surface area contributed by atoms with Crippen molar-refractivity contribution in [1.82, 2.24) is 9.88 Å². The molecular formula is C23H23ClN2O5. The van der Waals surface area contributed by atoms with Gasteiger partial charge < -0.3 is 24.1 Å². The summed E-state index contributed by atoms with van der Waals surface area (Å²) in [7, 11) is 3.01. The van der Waals surface area contributed by atoms with E-state index in [1.807, 2.05) is 25.1 Å². The van der Waals surface area contributed by atoms with E-state index in [0.717, 1.165) is 24.0 Å². The smallest absolute Gasteiger partial charge is 0.413 e. The monoisotopic (exact) mass is 442 g/mol. The SMILES string of the molecule is CCn1cc(OC(=O)NC2CCc3cc(Cl)ccc32)c2cc(OC)c(OC)cc2c1=O. The quantitative estimate of drug-likeness (QED) is 0.630. The van der Waals surface area contributed by atoms with Crippen LogP contribution in [0.4, 0.5) is 4.79 Å². The number of halogens is 1. The fourth-order valence-corrected chi connectivity index (χ4v) is 4.20. The van der Waals surface area contributed by atoms with Crippen molar-refractivity contribution >= 4 is 28.5 Å². The summed E-state index contributed by atoms with van der Waals surface area (Å²) in [6, 6.07) is 8.76. The van der Waals surface area contributed by atoms with Gasteiger partial charge in [-0.2, -0.15) is 0 Å². The summed E-state index contributed by atoms with van der Waals surface area (Å²) in [6.07, 6.45) is 2.55. The molecule has 1 unspecified atom stereocenters. The summed E-state index contributed by atoms with van der Waals surface area (Å²) >= 11 is 6.07. The highest BCUT2D eigenvalue weighted by Crippen LogP contribution is 2.36. The van der Waals surface area contributed by atoms with E-state index in [1.54, 1.807) is 18.3 Å². The van der Waals surface area contributed by atoms with Crippen LogP contribution >= 0.6 is 11.6 Å². The fraction of sp³-hybridized carbons (Fsp3) is 0.304. The van der Waals surface area contributed by atoms with Crippen LogP contribution in [0.3, 0.4) is 0 Å². The second-order valence-corrected chi connectivity index (χ2v) is 7.74. The molecule has 0 saturated carbocycles. The third kappa shape index (κ3) is 3.93. The molecule has 4 rings (SSSR count). The number of aromatic nitrogens is 1. The van der Waals surface area contributed by atoms with E-state index in [4.69, 9.17) is 25.8 Å². The Balaban J connectivity index is 1.67. The lowest BCUT2D eigenvalue weighted by Crippen LogP contribution is -2.30. The summed E-state index contributed by atoms with van der Waals surface area (Å²) in [5.41, 5.74) is 1.96.